The standard InChI is InChI=1S/C29H38N4O3/c1-17(2)9-20-11-22(12-20)28-30-31-29(33(28)24-7-8-24)23(15-26-16-27(35)32-36-26)14-25(34)13-21-6-5-18(3)10-19(21)4/h5-6,10,16-17,20,22-24H,7-9,11-15H2,1-4H3,(H,32,35). The summed E-state index contributed by atoms with van der Waals surface area (Å²) in [5, 5.41) is 11.8. The summed E-state index contributed by atoms with van der Waals surface area (Å²) in [6, 6.07) is 8.13. The number of Topliss-reactive ketones (excluding diaryl/α,β-unsaturated/α-hetero) is 1. The molecular weight excluding hydrogens is 452 g/mol. The number of aromatic nitrogens is 4. The molecule has 0 spiro atoms. The molecule has 0 saturated heterocycles. The third-order valence-electron chi connectivity index (χ3n) is 7.81. The van der Waals surface area contributed by atoms with Crippen LogP contribution in [-0.4, -0.2) is 25.7 Å². The zero-order valence-electron chi connectivity index (χ0n) is 21.9. The Labute approximate surface area is 212 Å². The highest BCUT2D eigenvalue weighted by Crippen LogP contribution is 2.48. The molecule has 2 fully saturated rings. The Bertz CT molecular complexity index is 1270. The average molecular weight is 491 g/mol. The van der Waals surface area contributed by atoms with Crippen molar-refractivity contribution in [2.24, 2.45) is 11.8 Å². The van der Waals surface area contributed by atoms with Crippen LogP contribution < -0.4 is 5.56 Å². The second-order valence-electron chi connectivity index (χ2n) is 11.6. The summed E-state index contributed by atoms with van der Waals surface area (Å²) in [5.41, 5.74) is 3.13. The van der Waals surface area contributed by atoms with Crippen LogP contribution in [0, 0.1) is 25.7 Å². The number of hydrogen-bond donors (Lipinski definition) is 1. The minimum atomic E-state index is -0.264. The fourth-order valence-electron chi connectivity index (χ4n) is 5.91. The molecule has 2 heterocycles. The Morgan fingerprint density at radius 3 is 2.58 bits per heavy atom. The fraction of sp³-hybridized carbons (Fsp3) is 0.586. The Morgan fingerprint density at radius 1 is 1.17 bits per heavy atom. The van der Waals surface area contributed by atoms with Crippen molar-refractivity contribution in [3.05, 3.63) is 68.7 Å². The van der Waals surface area contributed by atoms with Crippen LogP contribution in [0.5, 0.6) is 0 Å². The van der Waals surface area contributed by atoms with E-state index in [4.69, 9.17) is 9.62 Å². The monoisotopic (exact) mass is 490 g/mol. The molecule has 3 aromatic rings. The van der Waals surface area contributed by atoms with Crippen LogP contribution in [-0.2, 0) is 17.6 Å². The number of nitrogens with zero attached hydrogens (tertiary/aromatic N) is 3. The van der Waals surface area contributed by atoms with E-state index in [0.717, 1.165) is 47.5 Å². The van der Waals surface area contributed by atoms with Gasteiger partial charge in [-0.1, -0.05) is 37.6 Å². The van der Waals surface area contributed by atoms with Crippen LogP contribution >= 0.6 is 0 Å². The molecule has 2 aromatic heterocycles. The largest absolute Gasteiger partial charge is 0.384 e. The number of nitrogens with one attached hydrogen (secondary N) is 1. The second kappa shape index (κ2) is 10.2. The summed E-state index contributed by atoms with van der Waals surface area (Å²) in [4.78, 5) is 25.0. The molecular formula is C29H38N4O3. The van der Waals surface area contributed by atoms with Crippen LogP contribution in [0.1, 0.15) is 104 Å². The highest BCUT2D eigenvalue weighted by Gasteiger charge is 2.39. The lowest BCUT2D eigenvalue weighted by atomic mass is 9.71. The van der Waals surface area contributed by atoms with E-state index in [1.54, 1.807) is 0 Å². The summed E-state index contributed by atoms with van der Waals surface area (Å²) in [5.74, 6) is 4.44. The minimum absolute atomic E-state index is 0.164. The number of carbonyl (C=O) groups is 1. The lowest BCUT2D eigenvalue weighted by Crippen LogP contribution is -2.26. The quantitative estimate of drug-likeness (QED) is 0.379. The third-order valence-corrected chi connectivity index (χ3v) is 7.81. The van der Waals surface area contributed by atoms with E-state index >= 15 is 0 Å². The molecule has 1 aromatic carbocycles. The van der Waals surface area contributed by atoms with Crippen molar-refractivity contribution in [2.45, 2.75) is 96.9 Å². The first kappa shape index (κ1) is 24.7. The van der Waals surface area contributed by atoms with Gasteiger partial charge >= 0.3 is 0 Å². The first-order valence-corrected chi connectivity index (χ1v) is 13.5. The molecule has 1 N–H and O–H groups in total. The molecule has 0 aliphatic heterocycles. The van der Waals surface area contributed by atoms with Gasteiger partial charge in [0.1, 0.15) is 23.2 Å². The van der Waals surface area contributed by atoms with Gasteiger partial charge in [-0.25, -0.2) is 0 Å². The van der Waals surface area contributed by atoms with Gasteiger partial charge in [0.25, 0.3) is 5.56 Å². The molecule has 0 radical (unpaired) electrons. The van der Waals surface area contributed by atoms with Gasteiger partial charge in [0.15, 0.2) is 0 Å². The fourth-order valence-corrected chi connectivity index (χ4v) is 5.91. The Morgan fingerprint density at radius 2 is 1.94 bits per heavy atom. The van der Waals surface area contributed by atoms with Gasteiger partial charge in [-0.2, -0.15) is 5.16 Å². The molecule has 2 aliphatic carbocycles. The van der Waals surface area contributed by atoms with E-state index in [9.17, 15) is 9.59 Å². The van der Waals surface area contributed by atoms with Gasteiger partial charge < -0.3 is 9.09 Å². The van der Waals surface area contributed by atoms with E-state index in [1.165, 1.54) is 30.9 Å². The van der Waals surface area contributed by atoms with Gasteiger partial charge in [0, 0.05) is 43.2 Å². The maximum Gasteiger partial charge on any atom is 0.280 e. The van der Waals surface area contributed by atoms with Gasteiger partial charge in [-0.05, 0) is 68.9 Å². The maximum absolute atomic E-state index is 13.3. The first-order chi connectivity index (χ1) is 17.3. The normalized spacial score (nSPS) is 20.5. The van der Waals surface area contributed by atoms with Crippen molar-refractivity contribution in [3.8, 4) is 0 Å². The molecule has 1 unspecified atom stereocenters. The number of aryl methyl sites for hydroxylation is 2. The minimum Gasteiger partial charge on any atom is -0.384 e. The predicted molar refractivity (Wildman–Crippen MR) is 138 cm³/mol. The van der Waals surface area contributed by atoms with Crippen LogP contribution in [0.2, 0.25) is 0 Å². The third kappa shape index (κ3) is 5.55. The molecule has 36 heavy (non-hydrogen) atoms. The molecule has 7 heteroatoms. The van der Waals surface area contributed by atoms with E-state index in [0.29, 0.717) is 37.0 Å². The van der Waals surface area contributed by atoms with Crippen molar-refractivity contribution < 1.29 is 9.32 Å². The molecule has 0 bridgehead atoms. The zero-order chi connectivity index (χ0) is 25.4. The number of ketones is 1. The Hall–Kier alpha value is -2.96. The summed E-state index contributed by atoms with van der Waals surface area (Å²) in [7, 11) is 0. The molecule has 7 nitrogen and oxygen atoms in total. The topological polar surface area (TPSA) is 93.8 Å². The average Bonchev–Trinajstić information content (AvgIpc) is 3.40. The molecule has 192 valence electrons. The Kier molecular flexibility index (Phi) is 7.00. The smallest absolute Gasteiger partial charge is 0.280 e. The van der Waals surface area contributed by atoms with E-state index < -0.39 is 0 Å². The summed E-state index contributed by atoms with van der Waals surface area (Å²) in [6.07, 6.45) is 7.05. The number of carbonyl (C=O) groups excluding carboxylic acids is 1. The molecule has 5 rings (SSSR count). The Balaban J connectivity index is 1.39. The maximum atomic E-state index is 13.3. The van der Waals surface area contributed by atoms with Crippen LogP contribution in [0.4, 0.5) is 0 Å². The number of hydrogen-bond acceptors (Lipinski definition) is 5. The predicted octanol–water partition coefficient (Wildman–Crippen LogP) is 5.58. The van der Waals surface area contributed by atoms with Gasteiger partial charge in [-0.3, -0.25) is 9.59 Å². The van der Waals surface area contributed by atoms with Crippen LogP contribution in [0.3, 0.4) is 0 Å². The second-order valence-corrected chi connectivity index (χ2v) is 11.6. The first-order valence-electron chi connectivity index (χ1n) is 13.5. The molecule has 2 aliphatic rings. The van der Waals surface area contributed by atoms with Crippen molar-refractivity contribution >= 4 is 5.78 Å². The molecule has 2 saturated carbocycles. The number of benzene rings is 1. The highest BCUT2D eigenvalue weighted by molar-refractivity contribution is 5.82. The number of aromatic amines is 1. The lowest BCUT2D eigenvalue weighted by molar-refractivity contribution is -0.118. The summed E-state index contributed by atoms with van der Waals surface area (Å²) in [6.45, 7) is 8.70. The SMILES string of the molecule is Cc1ccc(CC(=O)CC(Cc2cc(=O)[nH]o2)c2nnc(C3CC(CC(C)C)C3)n2C2CC2)c(C)c1. The van der Waals surface area contributed by atoms with Crippen molar-refractivity contribution in [2.75, 3.05) is 0 Å². The van der Waals surface area contributed by atoms with Gasteiger partial charge in [0.2, 0.25) is 0 Å². The van der Waals surface area contributed by atoms with E-state index in [2.05, 4.69) is 60.7 Å². The highest BCUT2D eigenvalue weighted by atomic mass is 16.5. The molecule has 0 amide bonds. The van der Waals surface area contributed by atoms with E-state index in [1.807, 2.05) is 0 Å². The number of H-pyrrole nitrogens is 1. The lowest BCUT2D eigenvalue weighted by Gasteiger charge is -2.36. The van der Waals surface area contributed by atoms with Crippen LogP contribution in [0.25, 0.3) is 0 Å². The van der Waals surface area contributed by atoms with Crippen molar-refractivity contribution in [1.82, 2.24) is 19.9 Å². The van der Waals surface area contributed by atoms with Crippen molar-refractivity contribution in [1.29, 1.82) is 0 Å². The van der Waals surface area contributed by atoms with Gasteiger partial charge in [0.05, 0.1) is 0 Å². The van der Waals surface area contributed by atoms with Crippen molar-refractivity contribution in [3.63, 3.8) is 0 Å². The van der Waals surface area contributed by atoms with E-state index in [-0.39, 0.29) is 17.3 Å². The summed E-state index contributed by atoms with van der Waals surface area (Å²) < 4.78 is 7.74. The van der Waals surface area contributed by atoms with Crippen LogP contribution in [0.15, 0.2) is 33.6 Å². The zero-order valence-corrected chi connectivity index (χ0v) is 21.9. The number of rotatable bonds is 11. The van der Waals surface area contributed by atoms with Gasteiger partial charge in [-0.15, -0.1) is 10.2 Å². The summed E-state index contributed by atoms with van der Waals surface area (Å²) >= 11 is 0. The molecule has 1 atom stereocenters.